The quantitative estimate of drug-likeness (QED) is 0.789. The first-order valence-corrected chi connectivity index (χ1v) is 5.21. The molecule has 0 saturated heterocycles. The summed E-state index contributed by atoms with van der Waals surface area (Å²) in [6.45, 7) is 2.05. The molecule has 0 spiro atoms. The molecule has 0 aliphatic carbocycles. The summed E-state index contributed by atoms with van der Waals surface area (Å²) < 4.78 is 24.5. The Kier molecular flexibility index (Phi) is 4.69. The molecule has 1 N–H and O–H groups in total. The van der Waals surface area contributed by atoms with Gasteiger partial charge in [-0.2, -0.15) is 0 Å². The van der Waals surface area contributed by atoms with Crippen molar-refractivity contribution in [3.63, 3.8) is 0 Å². The molecular formula is C12H16F2O. The molecule has 0 aliphatic rings. The van der Waals surface area contributed by atoms with E-state index in [4.69, 9.17) is 0 Å². The molecule has 0 heterocycles. The minimum absolute atomic E-state index is 0.00133. The fourth-order valence-corrected chi connectivity index (χ4v) is 1.43. The maximum absolute atomic E-state index is 12.2. The topological polar surface area (TPSA) is 20.2 Å². The number of alkyl halides is 2. The van der Waals surface area contributed by atoms with Gasteiger partial charge in [0, 0.05) is 5.56 Å². The van der Waals surface area contributed by atoms with Crippen LogP contribution in [0.15, 0.2) is 24.3 Å². The van der Waals surface area contributed by atoms with E-state index >= 15 is 0 Å². The van der Waals surface area contributed by atoms with Crippen molar-refractivity contribution in [3.8, 4) is 0 Å². The summed E-state index contributed by atoms with van der Waals surface area (Å²) in [5, 5.41) is 9.69. The molecule has 0 radical (unpaired) electrons. The Balaban J connectivity index is 2.62. The Morgan fingerprint density at radius 1 is 1.13 bits per heavy atom. The molecule has 1 aromatic rings. The molecule has 3 heteroatoms. The summed E-state index contributed by atoms with van der Waals surface area (Å²) >= 11 is 0. The molecule has 0 aliphatic heterocycles. The lowest BCUT2D eigenvalue weighted by Crippen LogP contribution is -1.97. The van der Waals surface area contributed by atoms with Crippen molar-refractivity contribution in [2.45, 2.75) is 38.7 Å². The van der Waals surface area contributed by atoms with Crippen molar-refractivity contribution in [2.75, 3.05) is 0 Å². The van der Waals surface area contributed by atoms with Gasteiger partial charge in [0.2, 0.25) is 0 Å². The summed E-state index contributed by atoms with van der Waals surface area (Å²) in [5.41, 5.74) is 0.717. The highest BCUT2D eigenvalue weighted by atomic mass is 19.3. The van der Waals surface area contributed by atoms with Crippen LogP contribution >= 0.6 is 0 Å². The van der Waals surface area contributed by atoms with Crippen molar-refractivity contribution in [3.05, 3.63) is 35.4 Å². The Bertz CT molecular complexity index is 282. The van der Waals surface area contributed by atoms with Gasteiger partial charge in [0.05, 0.1) is 6.10 Å². The molecule has 1 unspecified atom stereocenters. The molecule has 1 nitrogen and oxygen atoms in total. The zero-order valence-corrected chi connectivity index (χ0v) is 8.79. The van der Waals surface area contributed by atoms with Crippen molar-refractivity contribution < 1.29 is 13.9 Å². The standard InChI is InChI=1S/C12H16F2O/c1-2-3-4-11(15)9-5-7-10(8-6-9)12(13)14/h5-8,11-12,15H,2-4H2,1H3. The van der Waals surface area contributed by atoms with Gasteiger partial charge in [0.15, 0.2) is 0 Å². The lowest BCUT2D eigenvalue weighted by atomic mass is 10.0. The fourth-order valence-electron chi connectivity index (χ4n) is 1.43. The molecule has 1 atom stereocenters. The van der Waals surface area contributed by atoms with Crippen molar-refractivity contribution in [1.82, 2.24) is 0 Å². The van der Waals surface area contributed by atoms with Crippen LogP contribution in [0, 0.1) is 0 Å². The minimum Gasteiger partial charge on any atom is -0.388 e. The zero-order valence-electron chi connectivity index (χ0n) is 8.79. The number of hydrogen-bond acceptors (Lipinski definition) is 1. The second kappa shape index (κ2) is 5.81. The van der Waals surface area contributed by atoms with E-state index in [0.29, 0.717) is 12.0 Å². The zero-order chi connectivity index (χ0) is 11.3. The highest BCUT2D eigenvalue weighted by molar-refractivity contribution is 5.24. The number of halogens is 2. The van der Waals surface area contributed by atoms with Crippen LogP contribution in [0.3, 0.4) is 0 Å². The van der Waals surface area contributed by atoms with Crippen LogP contribution in [0.25, 0.3) is 0 Å². The SMILES string of the molecule is CCCCC(O)c1ccc(C(F)F)cc1. The first-order valence-electron chi connectivity index (χ1n) is 5.21. The Morgan fingerprint density at radius 2 is 1.67 bits per heavy atom. The lowest BCUT2D eigenvalue weighted by molar-refractivity contribution is 0.150. The maximum atomic E-state index is 12.2. The van der Waals surface area contributed by atoms with E-state index in [1.165, 1.54) is 12.1 Å². The van der Waals surface area contributed by atoms with Gasteiger partial charge in [-0.05, 0) is 12.0 Å². The van der Waals surface area contributed by atoms with Crippen LogP contribution < -0.4 is 0 Å². The van der Waals surface area contributed by atoms with E-state index < -0.39 is 12.5 Å². The smallest absolute Gasteiger partial charge is 0.263 e. The minimum atomic E-state index is -2.44. The van der Waals surface area contributed by atoms with Gasteiger partial charge < -0.3 is 5.11 Å². The van der Waals surface area contributed by atoms with Crippen LogP contribution in [0.5, 0.6) is 0 Å². The molecule has 1 aromatic carbocycles. The molecule has 1 rings (SSSR count). The van der Waals surface area contributed by atoms with Crippen LogP contribution in [-0.2, 0) is 0 Å². The first kappa shape index (κ1) is 12.1. The summed E-state index contributed by atoms with van der Waals surface area (Å²) in [4.78, 5) is 0. The second-order valence-corrected chi connectivity index (χ2v) is 3.63. The number of rotatable bonds is 5. The molecule has 0 bridgehead atoms. The number of hydrogen-bond donors (Lipinski definition) is 1. The van der Waals surface area contributed by atoms with Crippen LogP contribution in [0.2, 0.25) is 0 Å². The molecule has 0 aromatic heterocycles. The third-order valence-corrected chi connectivity index (χ3v) is 2.40. The molecule has 0 amide bonds. The predicted molar refractivity (Wildman–Crippen MR) is 55.9 cm³/mol. The first-order chi connectivity index (χ1) is 7.15. The summed E-state index contributed by atoms with van der Waals surface area (Å²) in [6.07, 6.45) is -0.322. The normalized spacial score (nSPS) is 13.1. The summed E-state index contributed by atoms with van der Waals surface area (Å²) in [5.74, 6) is 0. The molecular weight excluding hydrogens is 198 g/mol. The molecule has 0 saturated carbocycles. The van der Waals surface area contributed by atoms with Crippen LogP contribution in [-0.4, -0.2) is 5.11 Å². The van der Waals surface area contributed by atoms with E-state index in [1.807, 2.05) is 6.92 Å². The number of benzene rings is 1. The van der Waals surface area contributed by atoms with Gasteiger partial charge >= 0.3 is 0 Å². The summed E-state index contributed by atoms with van der Waals surface area (Å²) in [6, 6.07) is 5.88. The third-order valence-electron chi connectivity index (χ3n) is 2.40. The van der Waals surface area contributed by atoms with Crippen molar-refractivity contribution in [1.29, 1.82) is 0 Å². The number of aliphatic hydroxyl groups is 1. The van der Waals surface area contributed by atoms with Gasteiger partial charge in [-0.15, -0.1) is 0 Å². The Morgan fingerprint density at radius 3 is 2.13 bits per heavy atom. The number of unbranched alkanes of at least 4 members (excludes halogenated alkanes) is 1. The van der Waals surface area contributed by atoms with Gasteiger partial charge in [-0.25, -0.2) is 8.78 Å². The lowest BCUT2D eigenvalue weighted by Gasteiger charge is -2.10. The summed E-state index contributed by atoms with van der Waals surface area (Å²) in [7, 11) is 0. The number of aliphatic hydroxyl groups excluding tert-OH is 1. The van der Waals surface area contributed by atoms with E-state index in [-0.39, 0.29) is 5.56 Å². The Hall–Kier alpha value is -0.960. The highest BCUT2D eigenvalue weighted by Gasteiger charge is 2.09. The van der Waals surface area contributed by atoms with Gasteiger partial charge in [0.1, 0.15) is 0 Å². The second-order valence-electron chi connectivity index (χ2n) is 3.63. The maximum Gasteiger partial charge on any atom is 0.263 e. The van der Waals surface area contributed by atoms with E-state index in [9.17, 15) is 13.9 Å². The van der Waals surface area contributed by atoms with E-state index in [0.717, 1.165) is 12.8 Å². The average molecular weight is 214 g/mol. The highest BCUT2D eigenvalue weighted by Crippen LogP contribution is 2.23. The van der Waals surface area contributed by atoms with Crippen LogP contribution in [0.4, 0.5) is 8.78 Å². The van der Waals surface area contributed by atoms with E-state index in [2.05, 4.69) is 0 Å². The largest absolute Gasteiger partial charge is 0.388 e. The van der Waals surface area contributed by atoms with Crippen molar-refractivity contribution in [2.24, 2.45) is 0 Å². The van der Waals surface area contributed by atoms with Gasteiger partial charge in [0.25, 0.3) is 6.43 Å². The molecule has 15 heavy (non-hydrogen) atoms. The fraction of sp³-hybridized carbons (Fsp3) is 0.500. The third kappa shape index (κ3) is 3.59. The van der Waals surface area contributed by atoms with Crippen LogP contribution in [0.1, 0.15) is 49.8 Å². The average Bonchev–Trinajstić information content (AvgIpc) is 2.26. The Labute approximate surface area is 88.7 Å². The van der Waals surface area contributed by atoms with E-state index in [1.54, 1.807) is 12.1 Å². The monoisotopic (exact) mass is 214 g/mol. The van der Waals surface area contributed by atoms with Gasteiger partial charge in [-0.3, -0.25) is 0 Å². The predicted octanol–water partition coefficient (Wildman–Crippen LogP) is 3.85. The molecule has 84 valence electrons. The molecule has 0 fully saturated rings. The van der Waals surface area contributed by atoms with Crippen molar-refractivity contribution >= 4 is 0 Å². The van der Waals surface area contributed by atoms with Gasteiger partial charge in [-0.1, -0.05) is 44.0 Å².